The van der Waals surface area contributed by atoms with Crippen molar-refractivity contribution < 1.29 is 5.11 Å². The Labute approximate surface area is 109 Å². The van der Waals surface area contributed by atoms with Crippen molar-refractivity contribution in [1.29, 1.82) is 0 Å². The van der Waals surface area contributed by atoms with Gasteiger partial charge in [0.15, 0.2) is 5.16 Å². The number of aromatic nitrogens is 2. The highest BCUT2D eigenvalue weighted by atomic mass is 32.2. The number of imidazole rings is 1. The van der Waals surface area contributed by atoms with Crippen molar-refractivity contribution >= 4 is 23.1 Å². The molecule has 0 unspecified atom stereocenters. The molecule has 2 rings (SSSR count). The highest BCUT2D eigenvalue weighted by Gasteiger charge is 2.03. The first kappa shape index (κ1) is 12.2. The Bertz CT molecular complexity index is 548. The van der Waals surface area contributed by atoms with Crippen LogP contribution in [0.5, 0.6) is 0 Å². The van der Waals surface area contributed by atoms with Crippen LogP contribution in [0, 0.1) is 11.8 Å². The second-order valence-electron chi connectivity index (χ2n) is 3.34. The van der Waals surface area contributed by atoms with Crippen molar-refractivity contribution in [2.45, 2.75) is 10.9 Å². The summed E-state index contributed by atoms with van der Waals surface area (Å²) in [5, 5.41) is 9.62. The van der Waals surface area contributed by atoms with Gasteiger partial charge in [-0.25, -0.2) is 4.98 Å². The van der Waals surface area contributed by atoms with Gasteiger partial charge in [-0.05, 0) is 12.1 Å². The van der Waals surface area contributed by atoms with E-state index in [2.05, 4.69) is 22.9 Å². The molecule has 2 heterocycles. The molecule has 0 bridgehead atoms. The van der Waals surface area contributed by atoms with E-state index in [-0.39, 0.29) is 6.61 Å². The molecule has 5 heteroatoms. The molecule has 0 fully saturated rings. The SMILES string of the molecule is Cn1ccnc1SCc1ccc(C#CCO)s1. The van der Waals surface area contributed by atoms with Gasteiger partial charge in [0, 0.05) is 30.1 Å². The fourth-order valence-electron chi connectivity index (χ4n) is 1.28. The zero-order valence-electron chi connectivity index (χ0n) is 9.38. The number of rotatable bonds is 3. The van der Waals surface area contributed by atoms with Gasteiger partial charge in [0.25, 0.3) is 0 Å². The summed E-state index contributed by atoms with van der Waals surface area (Å²) in [6.45, 7) is -0.0880. The normalized spacial score (nSPS) is 10.0. The number of thioether (sulfide) groups is 1. The van der Waals surface area contributed by atoms with Crippen LogP contribution in [-0.4, -0.2) is 21.3 Å². The topological polar surface area (TPSA) is 38.0 Å². The number of nitrogens with zero attached hydrogens (tertiary/aromatic N) is 2. The molecular weight excluding hydrogens is 252 g/mol. The van der Waals surface area contributed by atoms with Crippen LogP contribution in [0.3, 0.4) is 0 Å². The molecule has 0 amide bonds. The van der Waals surface area contributed by atoms with Gasteiger partial charge in [-0.2, -0.15) is 0 Å². The van der Waals surface area contributed by atoms with Crippen molar-refractivity contribution in [2.75, 3.05) is 6.61 Å². The van der Waals surface area contributed by atoms with E-state index in [9.17, 15) is 0 Å². The third-order valence-electron chi connectivity index (χ3n) is 2.07. The summed E-state index contributed by atoms with van der Waals surface area (Å²) in [7, 11) is 1.99. The van der Waals surface area contributed by atoms with Crippen LogP contribution in [0.1, 0.15) is 9.75 Å². The summed E-state index contributed by atoms with van der Waals surface area (Å²) in [6, 6.07) is 4.06. The number of hydrogen-bond donors (Lipinski definition) is 1. The van der Waals surface area contributed by atoms with Gasteiger partial charge in [0.05, 0.1) is 4.88 Å². The molecular formula is C12H12N2OS2. The monoisotopic (exact) mass is 264 g/mol. The minimum atomic E-state index is -0.0880. The number of hydrogen-bond acceptors (Lipinski definition) is 4. The van der Waals surface area contributed by atoms with Gasteiger partial charge in [-0.3, -0.25) is 0 Å². The maximum atomic E-state index is 8.61. The average Bonchev–Trinajstić information content (AvgIpc) is 2.93. The first-order chi connectivity index (χ1) is 8.29. The molecule has 0 aliphatic rings. The maximum absolute atomic E-state index is 8.61. The highest BCUT2D eigenvalue weighted by Crippen LogP contribution is 2.25. The van der Waals surface area contributed by atoms with E-state index in [1.54, 1.807) is 29.3 Å². The maximum Gasteiger partial charge on any atom is 0.168 e. The predicted molar refractivity (Wildman–Crippen MR) is 71.1 cm³/mol. The molecule has 0 aliphatic carbocycles. The first-order valence-electron chi connectivity index (χ1n) is 5.08. The van der Waals surface area contributed by atoms with Crippen molar-refractivity contribution in [3.05, 3.63) is 34.3 Å². The smallest absolute Gasteiger partial charge is 0.168 e. The molecule has 0 atom stereocenters. The molecule has 0 saturated carbocycles. The predicted octanol–water partition coefficient (Wildman–Crippen LogP) is 2.12. The van der Waals surface area contributed by atoms with Crippen molar-refractivity contribution in [3.8, 4) is 11.8 Å². The lowest BCUT2D eigenvalue weighted by molar-refractivity contribution is 0.350. The van der Waals surface area contributed by atoms with Gasteiger partial charge in [0.1, 0.15) is 6.61 Å². The largest absolute Gasteiger partial charge is 0.384 e. The lowest BCUT2D eigenvalue weighted by Crippen LogP contribution is -1.88. The van der Waals surface area contributed by atoms with Gasteiger partial charge in [-0.1, -0.05) is 23.6 Å². The summed E-state index contributed by atoms with van der Waals surface area (Å²) in [5.41, 5.74) is 0. The number of aliphatic hydroxyl groups is 1. The Morgan fingerprint density at radius 3 is 3.12 bits per heavy atom. The molecule has 0 aromatic carbocycles. The quantitative estimate of drug-likeness (QED) is 0.681. The number of thiophene rings is 1. The highest BCUT2D eigenvalue weighted by molar-refractivity contribution is 7.98. The van der Waals surface area contributed by atoms with E-state index in [0.717, 1.165) is 15.8 Å². The van der Waals surface area contributed by atoms with Crippen LogP contribution in [0.2, 0.25) is 0 Å². The second kappa shape index (κ2) is 5.92. The molecule has 0 aliphatic heterocycles. The van der Waals surface area contributed by atoms with E-state index < -0.39 is 0 Å². The van der Waals surface area contributed by atoms with Gasteiger partial charge in [-0.15, -0.1) is 11.3 Å². The summed E-state index contributed by atoms with van der Waals surface area (Å²) < 4.78 is 2.00. The summed E-state index contributed by atoms with van der Waals surface area (Å²) in [4.78, 5) is 6.52. The molecule has 1 N–H and O–H groups in total. The van der Waals surface area contributed by atoms with E-state index >= 15 is 0 Å². The zero-order valence-corrected chi connectivity index (χ0v) is 11.0. The van der Waals surface area contributed by atoms with Gasteiger partial charge >= 0.3 is 0 Å². The average molecular weight is 264 g/mol. The Balaban J connectivity index is 1.96. The van der Waals surface area contributed by atoms with Crippen molar-refractivity contribution in [2.24, 2.45) is 7.05 Å². The molecule has 0 spiro atoms. The van der Waals surface area contributed by atoms with E-state index in [1.165, 1.54) is 4.88 Å². The lowest BCUT2D eigenvalue weighted by Gasteiger charge is -1.98. The molecule has 17 heavy (non-hydrogen) atoms. The molecule has 3 nitrogen and oxygen atoms in total. The van der Waals surface area contributed by atoms with Gasteiger partial charge < -0.3 is 9.67 Å². The van der Waals surface area contributed by atoms with Crippen LogP contribution in [0.15, 0.2) is 29.7 Å². The Kier molecular flexibility index (Phi) is 4.26. The Hall–Kier alpha value is -1.22. The second-order valence-corrected chi connectivity index (χ2v) is 5.45. The standard InChI is InChI=1S/C12H12N2OS2/c1-14-7-6-13-12(14)16-9-11-5-4-10(17-11)3-2-8-15/h4-7,15H,8-9H2,1H3. The Morgan fingerprint density at radius 2 is 2.41 bits per heavy atom. The van der Waals surface area contributed by atoms with Crippen LogP contribution >= 0.6 is 23.1 Å². The molecule has 0 radical (unpaired) electrons. The first-order valence-corrected chi connectivity index (χ1v) is 6.88. The van der Waals surface area contributed by atoms with Crippen LogP contribution in [-0.2, 0) is 12.8 Å². The number of aryl methyl sites for hydroxylation is 1. The van der Waals surface area contributed by atoms with Crippen molar-refractivity contribution in [1.82, 2.24) is 9.55 Å². The minimum absolute atomic E-state index is 0.0880. The summed E-state index contributed by atoms with van der Waals surface area (Å²) in [6.07, 6.45) is 3.74. The van der Waals surface area contributed by atoms with E-state index in [1.807, 2.05) is 23.9 Å². The van der Waals surface area contributed by atoms with Crippen LogP contribution < -0.4 is 0 Å². The molecule has 88 valence electrons. The van der Waals surface area contributed by atoms with Gasteiger partial charge in [0.2, 0.25) is 0 Å². The molecule has 2 aromatic heterocycles. The fraction of sp³-hybridized carbons (Fsp3) is 0.250. The number of aliphatic hydroxyl groups excluding tert-OH is 1. The fourth-order valence-corrected chi connectivity index (χ4v) is 3.13. The zero-order chi connectivity index (χ0) is 12.1. The summed E-state index contributed by atoms with van der Waals surface area (Å²) >= 11 is 3.37. The Morgan fingerprint density at radius 1 is 1.53 bits per heavy atom. The van der Waals surface area contributed by atoms with E-state index in [0.29, 0.717) is 0 Å². The van der Waals surface area contributed by atoms with Crippen LogP contribution in [0.25, 0.3) is 0 Å². The van der Waals surface area contributed by atoms with Crippen LogP contribution in [0.4, 0.5) is 0 Å². The minimum Gasteiger partial charge on any atom is -0.384 e. The van der Waals surface area contributed by atoms with Crippen molar-refractivity contribution in [3.63, 3.8) is 0 Å². The summed E-state index contributed by atoms with van der Waals surface area (Å²) in [5.74, 6) is 6.46. The molecule has 2 aromatic rings. The third-order valence-corrected chi connectivity index (χ3v) is 4.36. The lowest BCUT2D eigenvalue weighted by atomic mass is 10.4. The van der Waals surface area contributed by atoms with E-state index in [4.69, 9.17) is 5.11 Å². The third kappa shape index (κ3) is 3.37. The molecule has 0 saturated heterocycles.